The first kappa shape index (κ1) is 19.8. The largest absolute Gasteiger partial charge is 0.496 e. The van der Waals surface area contributed by atoms with Crippen molar-refractivity contribution in [3.63, 3.8) is 0 Å². The minimum absolute atomic E-state index is 0.152. The highest BCUT2D eigenvalue weighted by Gasteiger charge is 2.34. The quantitative estimate of drug-likeness (QED) is 0.689. The van der Waals surface area contributed by atoms with Crippen LogP contribution in [0.4, 0.5) is 0 Å². The second-order valence-electron chi connectivity index (χ2n) is 6.35. The van der Waals surface area contributed by atoms with Gasteiger partial charge >= 0.3 is 0 Å². The summed E-state index contributed by atoms with van der Waals surface area (Å²) in [5.74, 6) is 0.558. The van der Waals surface area contributed by atoms with Crippen LogP contribution in [0.15, 0.2) is 42.5 Å². The van der Waals surface area contributed by atoms with Gasteiger partial charge in [0.15, 0.2) is 0 Å². The Balaban J connectivity index is 1.83. The summed E-state index contributed by atoms with van der Waals surface area (Å²) in [5.41, 5.74) is 1.99. The molecule has 0 N–H and O–H groups in total. The average Bonchev–Trinajstić information content (AvgIpc) is 2.65. The Morgan fingerprint density at radius 2 is 1.85 bits per heavy atom. The predicted molar refractivity (Wildman–Crippen MR) is 104 cm³/mol. The minimum atomic E-state index is -3.64. The minimum Gasteiger partial charge on any atom is -0.496 e. The van der Waals surface area contributed by atoms with E-state index in [1.807, 2.05) is 12.1 Å². The molecule has 1 saturated heterocycles. The second-order valence-corrected chi connectivity index (χ2v) is 8.71. The monoisotopic (exact) mass is 408 g/mol. The maximum absolute atomic E-state index is 13.1. The van der Waals surface area contributed by atoms with Crippen LogP contribution in [0, 0.1) is 0 Å². The Kier molecular flexibility index (Phi) is 6.16. The highest BCUT2D eigenvalue weighted by molar-refractivity contribution is 7.86. The van der Waals surface area contributed by atoms with E-state index >= 15 is 0 Å². The number of hydrogen-bond acceptors (Lipinski definition) is 4. The van der Waals surface area contributed by atoms with Crippen molar-refractivity contribution in [3.8, 4) is 5.75 Å². The number of ether oxygens (including phenoxy) is 1. The van der Waals surface area contributed by atoms with Gasteiger partial charge in [-0.15, -0.1) is 0 Å². The number of hydrogen-bond donors (Lipinski definition) is 0. The van der Waals surface area contributed by atoms with Gasteiger partial charge in [0.2, 0.25) is 0 Å². The van der Waals surface area contributed by atoms with Crippen molar-refractivity contribution in [2.24, 2.45) is 0 Å². The van der Waals surface area contributed by atoms with Crippen LogP contribution in [0.5, 0.6) is 5.75 Å². The number of rotatable bonds is 6. The van der Waals surface area contributed by atoms with Gasteiger partial charge in [-0.3, -0.25) is 4.79 Å². The molecule has 0 saturated carbocycles. The van der Waals surface area contributed by atoms with Crippen LogP contribution in [0.25, 0.3) is 0 Å². The number of methoxy groups -OCH3 is 1. The molecule has 1 aliphatic heterocycles. The zero-order valence-corrected chi connectivity index (χ0v) is 16.5. The number of halogens is 1. The van der Waals surface area contributed by atoms with E-state index in [9.17, 15) is 13.2 Å². The van der Waals surface area contributed by atoms with Crippen molar-refractivity contribution >= 4 is 28.1 Å². The van der Waals surface area contributed by atoms with Gasteiger partial charge in [0, 0.05) is 42.3 Å². The molecule has 0 atom stereocenters. The molecular formula is C19H21ClN2O4S. The molecule has 3 rings (SSSR count). The number of benzene rings is 2. The number of carbonyl (C=O) groups is 1. The van der Waals surface area contributed by atoms with E-state index in [2.05, 4.69) is 0 Å². The molecule has 2 aromatic rings. The van der Waals surface area contributed by atoms with Crippen LogP contribution in [0.1, 0.15) is 27.9 Å². The highest BCUT2D eigenvalue weighted by Crippen LogP contribution is 2.26. The van der Waals surface area contributed by atoms with Gasteiger partial charge in [-0.05, 0) is 42.3 Å². The lowest BCUT2D eigenvalue weighted by Crippen LogP contribution is -2.48. The van der Waals surface area contributed by atoms with Crippen molar-refractivity contribution in [1.29, 1.82) is 0 Å². The van der Waals surface area contributed by atoms with E-state index in [1.54, 1.807) is 30.3 Å². The van der Waals surface area contributed by atoms with Crippen molar-refractivity contribution in [2.45, 2.75) is 19.5 Å². The summed E-state index contributed by atoms with van der Waals surface area (Å²) in [4.78, 5) is 11.1. The summed E-state index contributed by atoms with van der Waals surface area (Å²) in [7, 11) is -2.12. The van der Waals surface area contributed by atoms with Crippen molar-refractivity contribution in [1.82, 2.24) is 8.61 Å². The molecule has 0 bridgehead atoms. The zero-order chi connectivity index (χ0) is 19.4. The topological polar surface area (TPSA) is 66.9 Å². The Hall–Kier alpha value is -1.93. The summed E-state index contributed by atoms with van der Waals surface area (Å²) < 4.78 is 34.3. The molecule has 1 heterocycles. The van der Waals surface area contributed by atoms with Crippen LogP contribution >= 0.6 is 11.6 Å². The molecule has 144 valence electrons. The normalized spacial score (nSPS) is 17.6. The van der Waals surface area contributed by atoms with Crippen molar-refractivity contribution in [2.75, 3.05) is 20.2 Å². The molecule has 0 unspecified atom stereocenters. The molecule has 0 amide bonds. The van der Waals surface area contributed by atoms with E-state index in [0.29, 0.717) is 35.0 Å². The highest BCUT2D eigenvalue weighted by atomic mass is 35.5. The van der Waals surface area contributed by atoms with Gasteiger partial charge in [-0.1, -0.05) is 23.7 Å². The van der Waals surface area contributed by atoms with E-state index in [4.69, 9.17) is 16.3 Å². The van der Waals surface area contributed by atoms with Crippen LogP contribution in [0.3, 0.4) is 0 Å². The van der Waals surface area contributed by atoms with Crippen LogP contribution in [-0.2, 0) is 23.3 Å². The van der Waals surface area contributed by atoms with E-state index in [1.165, 1.54) is 15.7 Å². The first-order chi connectivity index (χ1) is 12.9. The van der Waals surface area contributed by atoms with Crippen LogP contribution < -0.4 is 4.74 Å². The summed E-state index contributed by atoms with van der Waals surface area (Å²) in [5, 5.41) is 0.578. The third kappa shape index (κ3) is 4.50. The lowest BCUT2D eigenvalue weighted by molar-refractivity contribution is 0.112. The molecule has 1 aliphatic rings. The summed E-state index contributed by atoms with van der Waals surface area (Å²) in [6, 6.07) is 12.2. The lowest BCUT2D eigenvalue weighted by atomic mass is 10.1. The zero-order valence-electron chi connectivity index (χ0n) is 15.0. The SMILES string of the molecule is COc1ccc(C=O)cc1CN1CCCN(Cc2cccc(Cl)c2)S1(=O)=O. The van der Waals surface area contributed by atoms with Crippen molar-refractivity contribution < 1.29 is 17.9 Å². The lowest BCUT2D eigenvalue weighted by Gasteiger charge is -2.35. The van der Waals surface area contributed by atoms with Crippen LogP contribution in [0.2, 0.25) is 5.02 Å². The first-order valence-corrected chi connectivity index (χ1v) is 10.3. The molecule has 27 heavy (non-hydrogen) atoms. The van der Waals surface area contributed by atoms with Gasteiger partial charge in [0.1, 0.15) is 12.0 Å². The summed E-state index contributed by atoms with van der Waals surface area (Å²) >= 11 is 6.01. The van der Waals surface area contributed by atoms with E-state index in [0.717, 1.165) is 18.3 Å². The molecule has 0 spiro atoms. The van der Waals surface area contributed by atoms with Gasteiger partial charge in [-0.2, -0.15) is 17.0 Å². The summed E-state index contributed by atoms with van der Waals surface area (Å²) in [6.07, 6.45) is 1.45. The Bertz CT molecular complexity index is 933. The average molecular weight is 409 g/mol. The van der Waals surface area contributed by atoms with Gasteiger partial charge < -0.3 is 4.74 Å². The maximum Gasteiger partial charge on any atom is 0.282 e. The fourth-order valence-corrected chi connectivity index (χ4v) is 5.04. The third-order valence-corrected chi connectivity index (χ3v) is 6.67. The Morgan fingerprint density at radius 3 is 2.52 bits per heavy atom. The smallest absolute Gasteiger partial charge is 0.282 e. The number of nitrogens with zero attached hydrogens (tertiary/aromatic N) is 2. The van der Waals surface area contributed by atoms with Crippen LogP contribution in [-0.4, -0.2) is 43.5 Å². The van der Waals surface area contributed by atoms with Gasteiger partial charge in [0.25, 0.3) is 10.2 Å². The maximum atomic E-state index is 13.1. The molecular weight excluding hydrogens is 388 g/mol. The van der Waals surface area contributed by atoms with Crippen molar-refractivity contribution in [3.05, 3.63) is 64.2 Å². The predicted octanol–water partition coefficient (Wildman–Crippen LogP) is 3.11. The standard InChI is InChI=1S/C19H21ClN2O4S/c1-26-19-7-6-16(14-23)10-17(19)13-22-9-3-8-21(27(22,24)25)12-15-4-2-5-18(20)11-15/h2,4-7,10-11,14H,3,8-9,12-13H2,1H3. The molecule has 2 aromatic carbocycles. The molecule has 0 aromatic heterocycles. The second kappa shape index (κ2) is 8.39. The molecule has 6 nitrogen and oxygen atoms in total. The molecule has 8 heteroatoms. The molecule has 0 radical (unpaired) electrons. The van der Waals surface area contributed by atoms with E-state index in [-0.39, 0.29) is 13.1 Å². The molecule has 0 aliphatic carbocycles. The first-order valence-electron chi connectivity index (χ1n) is 8.56. The molecule has 1 fully saturated rings. The Labute approximate surface area is 164 Å². The number of carbonyl (C=O) groups excluding carboxylic acids is 1. The van der Waals surface area contributed by atoms with Gasteiger partial charge in [0.05, 0.1) is 7.11 Å². The third-order valence-electron chi connectivity index (χ3n) is 4.50. The Morgan fingerprint density at radius 1 is 1.11 bits per heavy atom. The summed E-state index contributed by atoms with van der Waals surface area (Å²) in [6.45, 7) is 1.30. The van der Waals surface area contributed by atoms with Gasteiger partial charge in [-0.25, -0.2) is 0 Å². The van der Waals surface area contributed by atoms with E-state index < -0.39 is 10.2 Å². The fraction of sp³-hybridized carbons (Fsp3) is 0.316. The fourth-order valence-electron chi connectivity index (χ4n) is 3.16. The number of aldehydes is 1.